The van der Waals surface area contributed by atoms with E-state index in [1.165, 1.54) is 13.3 Å². The number of nitrogens with zero attached hydrogens (tertiary/aromatic N) is 2. The predicted octanol–water partition coefficient (Wildman–Crippen LogP) is 10.0. The minimum absolute atomic E-state index is 0.0306. The highest BCUT2D eigenvalue weighted by atomic mass is 19.3. The number of aromatic nitrogens is 1. The molecule has 3 aromatic carbocycles. The minimum Gasteiger partial charge on any atom is -0.339 e. The molecule has 2 atom stereocenters. The lowest BCUT2D eigenvalue weighted by Crippen LogP contribution is -2.27. The molecule has 7 heteroatoms. The number of aryl methyl sites for hydroxylation is 1. The third-order valence-electron chi connectivity index (χ3n) is 8.87. The van der Waals surface area contributed by atoms with Crippen molar-refractivity contribution in [2.24, 2.45) is 11.1 Å². The van der Waals surface area contributed by atoms with Gasteiger partial charge in [-0.2, -0.15) is 0 Å². The van der Waals surface area contributed by atoms with E-state index in [0.29, 0.717) is 29.2 Å². The molecule has 0 bridgehead atoms. The fourth-order valence-corrected chi connectivity index (χ4v) is 6.10. The van der Waals surface area contributed by atoms with Gasteiger partial charge in [0, 0.05) is 53.7 Å². The topological polar surface area (TPSA) is 43.6 Å². The molecule has 0 saturated heterocycles. The maximum atomic E-state index is 13.9. The molecule has 240 valence electrons. The Hall–Kier alpha value is -4.31. The van der Waals surface area contributed by atoms with Gasteiger partial charge in [0.1, 0.15) is 5.71 Å². The van der Waals surface area contributed by atoms with Crippen molar-refractivity contribution in [1.82, 2.24) is 4.57 Å². The van der Waals surface area contributed by atoms with E-state index in [9.17, 15) is 18.0 Å². The van der Waals surface area contributed by atoms with Crippen molar-refractivity contribution >= 4 is 39.6 Å². The molecule has 1 aliphatic carbocycles. The average Bonchev–Trinajstić information content (AvgIpc) is 3.17. The Balaban J connectivity index is 1.61. The molecule has 5 rings (SSSR count). The fraction of sp³-hybridized carbons (Fsp3) is 0.385. The van der Waals surface area contributed by atoms with Crippen molar-refractivity contribution in [3.8, 4) is 11.8 Å². The van der Waals surface area contributed by atoms with Gasteiger partial charge >= 0.3 is 5.97 Å². The molecule has 0 fully saturated rings. The molecule has 0 aliphatic heterocycles. The van der Waals surface area contributed by atoms with Crippen LogP contribution in [0, 0.1) is 17.8 Å². The molecular formula is C39H41F3N2O2. The first-order valence-corrected chi connectivity index (χ1v) is 16.2. The SMILES string of the molecule is CCCCC(CC)Cn1c2ccc(/C(=N\OC(C)=O)c3ccc(CCC(F)(F)C(C)F)cc3)cc2c2ccc3c(c21)C#CCC=C3. The summed E-state index contributed by atoms with van der Waals surface area (Å²) in [7, 11) is 0. The minimum atomic E-state index is -3.39. The zero-order valence-corrected chi connectivity index (χ0v) is 27.0. The highest BCUT2D eigenvalue weighted by Gasteiger charge is 2.36. The zero-order valence-electron chi connectivity index (χ0n) is 27.0. The standard InChI is InChI=1S/C39H41F3N2O2/c1-5-7-11-28(6-2)25-44-36-21-19-32(24-35(36)34-20-18-30-12-9-8-10-13-33(30)38(34)44)37(43-46-27(4)45)31-16-14-29(15-17-31)22-23-39(41,42)26(3)40/h9,12,14-21,24,26,28H,5-8,11,22-23,25H2,1-4H3/b43-37-. The van der Waals surface area contributed by atoms with Gasteiger partial charge in [0.15, 0.2) is 6.17 Å². The number of carbonyl (C=O) groups is 1. The number of oxime groups is 1. The number of benzene rings is 3. The van der Waals surface area contributed by atoms with Crippen molar-refractivity contribution < 1.29 is 22.8 Å². The molecule has 0 radical (unpaired) electrons. The molecule has 0 amide bonds. The summed E-state index contributed by atoms with van der Waals surface area (Å²) < 4.78 is 43.5. The number of rotatable bonds is 13. The van der Waals surface area contributed by atoms with Gasteiger partial charge in [-0.15, -0.1) is 0 Å². The van der Waals surface area contributed by atoms with E-state index in [0.717, 1.165) is 71.2 Å². The van der Waals surface area contributed by atoms with Crippen LogP contribution in [-0.4, -0.2) is 28.3 Å². The number of fused-ring (bicyclic) bond motifs is 5. The average molecular weight is 627 g/mol. The predicted molar refractivity (Wildman–Crippen MR) is 181 cm³/mol. The first-order valence-electron chi connectivity index (χ1n) is 16.2. The summed E-state index contributed by atoms with van der Waals surface area (Å²) in [5.41, 5.74) is 6.87. The quantitative estimate of drug-likeness (QED) is 0.0642. The van der Waals surface area contributed by atoms with Crippen molar-refractivity contribution in [1.29, 1.82) is 0 Å². The first kappa shape index (κ1) is 33.1. The molecular weight excluding hydrogens is 585 g/mol. The van der Waals surface area contributed by atoms with Crippen LogP contribution in [0.5, 0.6) is 0 Å². The summed E-state index contributed by atoms with van der Waals surface area (Å²) in [5.74, 6) is 3.33. The van der Waals surface area contributed by atoms with Crippen molar-refractivity contribution in [2.45, 2.75) is 91.3 Å². The second-order valence-electron chi connectivity index (χ2n) is 12.2. The Kier molecular flexibility index (Phi) is 10.4. The van der Waals surface area contributed by atoms with Gasteiger partial charge in [0.2, 0.25) is 0 Å². The molecule has 1 heterocycles. The van der Waals surface area contributed by atoms with E-state index in [4.69, 9.17) is 4.84 Å². The van der Waals surface area contributed by atoms with E-state index >= 15 is 0 Å². The Morgan fingerprint density at radius 1 is 1.07 bits per heavy atom. The molecule has 4 nitrogen and oxygen atoms in total. The third kappa shape index (κ3) is 7.22. The molecule has 1 aliphatic rings. The van der Waals surface area contributed by atoms with Crippen LogP contribution in [0.2, 0.25) is 0 Å². The van der Waals surface area contributed by atoms with Crippen LogP contribution in [-0.2, 0) is 22.6 Å². The van der Waals surface area contributed by atoms with E-state index in [-0.39, 0.29) is 6.42 Å². The van der Waals surface area contributed by atoms with Crippen LogP contribution in [0.25, 0.3) is 27.9 Å². The Morgan fingerprint density at radius 2 is 1.83 bits per heavy atom. The van der Waals surface area contributed by atoms with E-state index in [1.807, 2.05) is 6.07 Å². The number of hydrogen-bond donors (Lipinski definition) is 0. The Morgan fingerprint density at radius 3 is 2.52 bits per heavy atom. The normalized spacial score (nSPS) is 14.5. The van der Waals surface area contributed by atoms with Gasteiger partial charge in [-0.3, -0.25) is 0 Å². The number of halogens is 3. The lowest BCUT2D eigenvalue weighted by Gasteiger charge is -2.18. The van der Waals surface area contributed by atoms with Crippen LogP contribution in [0.1, 0.15) is 94.0 Å². The summed E-state index contributed by atoms with van der Waals surface area (Å²) in [6, 6.07) is 17.4. The molecule has 0 N–H and O–H groups in total. The monoisotopic (exact) mass is 626 g/mol. The van der Waals surface area contributed by atoms with Gasteiger partial charge < -0.3 is 9.40 Å². The van der Waals surface area contributed by atoms with Crippen LogP contribution >= 0.6 is 0 Å². The van der Waals surface area contributed by atoms with Gasteiger partial charge in [0.05, 0.1) is 11.1 Å². The number of allylic oxidation sites excluding steroid dienone is 1. The van der Waals surface area contributed by atoms with E-state index < -0.39 is 24.5 Å². The van der Waals surface area contributed by atoms with Gasteiger partial charge in [-0.1, -0.05) is 105 Å². The molecule has 2 unspecified atom stereocenters. The fourth-order valence-electron chi connectivity index (χ4n) is 6.10. The summed E-state index contributed by atoms with van der Waals surface area (Å²) in [5, 5.41) is 6.37. The summed E-state index contributed by atoms with van der Waals surface area (Å²) in [6.07, 6.45) is 6.77. The Labute approximate surface area is 269 Å². The highest BCUT2D eigenvalue weighted by Crippen LogP contribution is 2.36. The van der Waals surface area contributed by atoms with Crippen LogP contribution < -0.4 is 0 Å². The number of unbranched alkanes of at least 4 members (excludes halogenated alkanes) is 1. The van der Waals surface area contributed by atoms with Crippen LogP contribution in [0.3, 0.4) is 0 Å². The lowest BCUT2D eigenvalue weighted by molar-refractivity contribution is -0.140. The number of carbonyl (C=O) groups excluding carboxylic acids is 1. The number of alkyl halides is 3. The van der Waals surface area contributed by atoms with Crippen molar-refractivity contribution in [2.75, 3.05) is 0 Å². The molecule has 0 spiro atoms. The lowest BCUT2D eigenvalue weighted by atomic mass is 9.97. The summed E-state index contributed by atoms with van der Waals surface area (Å²) in [6.45, 7) is 7.53. The number of hydrogen-bond acceptors (Lipinski definition) is 3. The van der Waals surface area contributed by atoms with Gasteiger partial charge in [0.25, 0.3) is 5.92 Å². The largest absolute Gasteiger partial charge is 0.339 e. The second-order valence-corrected chi connectivity index (χ2v) is 12.2. The maximum Gasteiger partial charge on any atom is 0.332 e. The Bertz CT molecular complexity index is 1840. The smallest absolute Gasteiger partial charge is 0.332 e. The summed E-state index contributed by atoms with van der Waals surface area (Å²) in [4.78, 5) is 16.9. The third-order valence-corrected chi connectivity index (χ3v) is 8.87. The maximum absolute atomic E-state index is 13.9. The van der Waals surface area contributed by atoms with E-state index in [2.05, 4.69) is 71.8 Å². The van der Waals surface area contributed by atoms with Crippen LogP contribution in [0.15, 0.2) is 65.8 Å². The molecule has 4 aromatic rings. The van der Waals surface area contributed by atoms with Gasteiger partial charge in [-0.25, -0.2) is 18.0 Å². The van der Waals surface area contributed by atoms with E-state index in [1.54, 1.807) is 24.3 Å². The molecule has 46 heavy (non-hydrogen) atoms. The highest BCUT2D eigenvalue weighted by molar-refractivity contribution is 6.17. The zero-order chi connectivity index (χ0) is 32.8. The molecule has 1 aromatic heterocycles. The summed E-state index contributed by atoms with van der Waals surface area (Å²) >= 11 is 0. The van der Waals surface area contributed by atoms with Crippen molar-refractivity contribution in [3.05, 3.63) is 88.5 Å². The van der Waals surface area contributed by atoms with Crippen molar-refractivity contribution in [3.63, 3.8) is 0 Å². The first-order chi connectivity index (χ1) is 22.1. The second kappa shape index (κ2) is 14.4. The van der Waals surface area contributed by atoms with Gasteiger partial charge in [-0.05, 0) is 48.9 Å². The van der Waals surface area contributed by atoms with Crippen LogP contribution in [0.4, 0.5) is 13.2 Å². The molecule has 0 saturated carbocycles.